The molecule has 2 heterocycles. The quantitative estimate of drug-likeness (QED) is 0.380. The molecule has 0 spiro atoms. The summed E-state index contributed by atoms with van der Waals surface area (Å²) in [7, 11) is 0. The number of aromatic amines is 3. The zero-order valence-corrected chi connectivity index (χ0v) is 17.0. The van der Waals surface area contributed by atoms with Crippen LogP contribution >= 0.6 is 0 Å². The smallest absolute Gasteiger partial charge is 0.338 e. The lowest BCUT2D eigenvalue weighted by Gasteiger charge is -2.18. The fraction of sp³-hybridized carbons (Fsp3) is 0.261. The van der Waals surface area contributed by atoms with Crippen molar-refractivity contribution in [3.8, 4) is 0 Å². The first-order valence-electron chi connectivity index (χ1n) is 10.3. The molecule has 31 heavy (non-hydrogen) atoms. The Morgan fingerprint density at radius 2 is 1.87 bits per heavy atom. The number of nitrogens with one attached hydrogen (secondary N) is 4. The van der Waals surface area contributed by atoms with Gasteiger partial charge >= 0.3 is 11.7 Å². The van der Waals surface area contributed by atoms with Crippen molar-refractivity contribution < 1.29 is 14.3 Å². The van der Waals surface area contributed by atoms with Crippen LogP contribution in [0, 0.1) is 5.92 Å². The van der Waals surface area contributed by atoms with E-state index in [0.717, 1.165) is 30.2 Å². The van der Waals surface area contributed by atoms with Crippen LogP contribution in [0.15, 0.2) is 41.2 Å². The van der Waals surface area contributed by atoms with E-state index >= 15 is 0 Å². The van der Waals surface area contributed by atoms with Gasteiger partial charge in [-0.1, -0.05) is 6.92 Å². The maximum Gasteiger partial charge on any atom is 0.338 e. The summed E-state index contributed by atoms with van der Waals surface area (Å²) in [5, 5.41) is 3.71. The van der Waals surface area contributed by atoms with Gasteiger partial charge in [-0.15, -0.1) is 0 Å². The summed E-state index contributed by atoms with van der Waals surface area (Å²) in [4.78, 5) is 44.8. The zero-order valence-electron chi connectivity index (χ0n) is 17.0. The second kappa shape index (κ2) is 7.46. The molecule has 1 aliphatic carbocycles. The Kier molecular flexibility index (Phi) is 4.62. The number of hydrogen-bond acceptors (Lipinski definition) is 4. The van der Waals surface area contributed by atoms with Crippen LogP contribution < -0.4 is 11.0 Å². The third-order valence-electron chi connectivity index (χ3n) is 5.80. The van der Waals surface area contributed by atoms with Gasteiger partial charge in [-0.05, 0) is 67.1 Å². The molecule has 4 N–H and O–H groups in total. The van der Waals surface area contributed by atoms with E-state index in [1.54, 1.807) is 24.3 Å². The highest BCUT2D eigenvalue weighted by atomic mass is 16.5. The van der Waals surface area contributed by atoms with Crippen molar-refractivity contribution in [1.82, 2.24) is 15.0 Å². The number of anilines is 1. The fourth-order valence-corrected chi connectivity index (χ4v) is 4.24. The molecule has 1 atom stereocenters. The third-order valence-corrected chi connectivity index (χ3v) is 5.80. The van der Waals surface area contributed by atoms with Gasteiger partial charge in [0.25, 0.3) is 5.91 Å². The Morgan fingerprint density at radius 3 is 2.74 bits per heavy atom. The lowest BCUT2D eigenvalue weighted by Crippen LogP contribution is -2.20. The van der Waals surface area contributed by atoms with E-state index in [-0.39, 0.29) is 5.69 Å². The van der Waals surface area contributed by atoms with Crippen molar-refractivity contribution in [1.29, 1.82) is 0 Å². The first-order chi connectivity index (χ1) is 15.0. The van der Waals surface area contributed by atoms with E-state index in [1.165, 1.54) is 11.3 Å². The maximum atomic E-state index is 12.5. The summed E-state index contributed by atoms with van der Waals surface area (Å²) in [5.41, 5.74) is 5.38. The molecule has 0 fully saturated rings. The molecule has 0 unspecified atom stereocenters. The van der Waals surface area contributed by atoms with Crippen LogP contribution in [0.5, 0.6) is 0 Å². The van der Waals surface area contributed by atoms with Crippen LogP contribution in [-0.2, 0) is 22.4 Å². The molecular weight excluding hydrogens is 396 g/mol. The predicted molar refractivity (Wildman–Crippen MR) is 117 cm³/mol. The lowest BCUT2D eigenvalue weighted by atomic mass is 9.87. The summed E-state index contributed by atoms with van der Waals surface area (Å²) in [6, 6.07) is 10.4. The summed E-state index contributed by atoms with van der Waals surface area (Å²) in [6.07, 6.45) is 3.18. The Labute approximate surface area is 177 Å². The minimum absolute atomic E-state index is 0.317. The molecule has 1 amide bonds. The number of imidazole rings is 1. The van der Waals surface area contributed by atoms with Gasteiger partial charge < -0.3 is 25.0 Å². The molecule has 5 rings (SSSR count). The highest BCUT2D eigenvalue weighted by Crippen LogP contribution is 2.32. The number of aryl methyl sites for hydroxylation is 1. The molecule has 1 aliphatic rings. The number of esters is 1. The fourth-order valence-electron chi connectivity index (χ4n) is 4.24. The van der Waals surface area contributed by atoms with Crippen LogP contribution in [0.25, 0.3) is 21.9 Å². The zero-order chi connectivity index (χ0) is 21.5. The monoisotopic (exact) mass is 418 g/mol. The SMILES string of the molecule is C[C@H]1CCc2[nH]c3ccc(C(=O)OCC(=O)Nc4ccc5[nH]c(=O)[nH]c5c4)cc3c2C1. The first-order valence-corrected chi connectivity index (χ1v) is 10.3. The van der Waals surface area contributed by atoms with Crippen LogP contribution in [0.3, 0.4) is 0 Å². The van der Waals surface area contributed by atoms with Gasteiger partial charge in [0.1, 0.15) is 0 Å². The van der Waals surface area contributed by atoms with Gasteiger partial charge in [0.2, 0.25) is 0 Å². The number of ether oxygens (including phenoxy) is 1. The molecular formula is C23H22N4O4. The number of amides is 1. The van der Waals surface area contributed by atoms with Crippen LogP contribution in [0.1, 0.15) is 35.0 Å². The minimum Gasteiger partial charge on any atom is -0.452 e. The molecule has 8 nitrogen and oxygen atoms in total. The molecule has 0 aliphatic heterocycles. The molecule has 0 radical (unpaired) electrons. The molecule has 0 saturated heterocycles. The van der Waals surface area contributed by atoms with E-state index in [9.17, 15) is 14.4 Å². The molecule has 8 heteroatoms. The number of carbonyl (C=O) groups excluding carboxylic acids is 2. The molecule has 0 bridgehead atoms. The molecule has 158 valence electrons. The van der Waals surface area contributed by atoms with E-state index in [1.807, 2.05) is 12.1 Å². The number of benzene rings is 2. The molecule has 2 aromatic heterocycles. The molecule has 4 aromatic rings. The molecule has 2 aromatic carbocycles. The van der Waals surface area contributed by atoms with Gasteiger partial charge in [-0.3, -0.25) is 4.79 Å². The minimum atomic E-state index is -0.540. The lowest BCUT2D eigenvalue weighted by molar-refractivity contribution is -0.119. The summed E-state index contributed by atoms with van der Waals surface area (Å²) >= 11 is 0. The van der Waals surface area contributed by atoms with Crippen molar-refractivity contribution in [3.63, 3.8) is 0 Å². The molecule has 0 saturated carbocycles. The number of aromatic nitrogens is 3. The summed E-state index contributed by atoms with van der Waals surface area (Å²) < 4.78 is 5.22. The number of fused-ring (bicyclic) bond motifs is 4. The number of H-pyrrole nitrogens is 3. The van der Waals surface area contributed by atoms with Crippen molar-refractivity contribution in [2.75, 3.05) is 11.9 Å². The first kappa shape index (κ1) is 19.2. The number of rotatable bonds is 4. The van der Waals surface area contributed by atoms with Gasteiger partial charge in [-0.25, -0.2) is 9.59 Å². The standard InChI is InChI=1S/C23H22N4O4/c1-12-2-5-17-15(8-12)16-9-13(3-6-18(16)25-17)22(29)31-11-21(28)24-14-4-7-19-20(10-14)27-23(30)26-19/h3-4,6-7,9-10,12,25H,2,5,8,11H2,1H3,(H,24,28)(H2,26,27,30)/t12-/m0/s1. The van der Waals surface area contributed by atoms with Gasteiger partial charge in [0, 0.05) is 22.3 Å². The average molecular weight is 418 g/mol. The Balaban J connectivity index is 1.26. The number of carbonyl (C=O) groups is 2. The Bertz CT molecular complexity index is 1380. The van der Waals surface area contributed by atoms with E-state index < -0.39 is 18.5 Å². The second-order valence-electron chi connectivity index (χ2n) is 8.15. The number of hydrogen-bond donors (Lipinski definition) is 4. The highest BCUT2D eigenvalue weighted by Gasteiger charge is 2.21. The average Bonchev–Trinajstić information content (AvgIpc) is 3.30. The largest absolute Gasteiger partial charge is 0.452 e. The topological polar surface area (TPSA) is 120 Å². The Morgan fingerprint density at radius 1 is 1.06 bits per heavy atom. The van der Waals surface area contributed by atoms with Crippen LogP contribution in [0.4, 0.5) is 5.69 Å². The predicted octanol–water partition coefficient (Wildman–Crippen LogP) is 3.26. The van der Waals surface area contributed by atoms with Crippen molar-refractivity contribution in [2.24, 2.45) is 5.92 Å². The second-order valence-corrected chi connectivity index (χ2v) is 8.15. The van der Waals surface area contributed by atoms with E-state index in [0.29, 0.717) is 28.2 Å². The van der Waals surface area contributed by atoms with Crippen LogP contribution in [-0.4, -0.2) is 33.4 Å². The Hall–Kier alpha value is -3.81. The van der Waals surface area contributed by atoms with Gasteiger partial charge in [0.15, 0.2) is 6.61 Å². The maximum absolute atomic E-state index is 12.5. The van der Waals surface area contributed by atoms with E-state index in [4.69, 9.17) is 4.74 Å². The summed E-state index contributed by atoms with van der Waals surface area (Å²) in [5.74, 6) is -0.380. The van der Waals surface area contributed by atoms with Gasteiger partial charge in [0.05, 0.1) is 16.6 Å². The van der Waals surface area contributed by atoms with Crippen LogP contribution in [0.2, 0.25) is 0 Å². The van der Waals surface area contributed by atoms with Gasteiger partial charge in [-0.2, -0.15) is 0 Å². The van der Waals surface area contributed by atoms with Crippen molar-refractivity contribution in [3.05, 3.63) is 63.7 Å². The van der Waals surface area contributed by atoms with E-state index in [2.05, 4.69) is 27.2 Å². The summed E-state index contributed by atoms with van der Waals surface area (Å²) in [6.45, 7) is 1.84. The highest BCUT2D eigenvalue weighted by molar-refractivity contribution is 5.99. The third kappa shape index (κ3) is 3.72. The van der Waals surface area contributed by atoms with Crippen molar-refractivity contribution in [2.45, 2.75) is 26.2 Å². The van der Waals surface area contributed by atoms with Crippen molar-refractivity contribution >= 4 is 39.5 Å². The normalized spacial score (nSPS) is 15.7.